The van der Waals surface area contributed by atoms with Crippen LogP contribution >= 0.6 is 0 Å². The highest BCUT2D eigenvalue weighted by Crippen LogP contribution is 2.38. The van der Waals surface area contributed by atoms with Gasteiger partial charge in [-0.3, -0.25) is 14.4 Å². The maximum Gasteiger partial charge on any atom is 0.387 e. The van der Waals surface area contributed by atoms with Crippen molar-refractivity contribution < 1.29 is 36.2 Å². The molecule has 1 saturated heterocycles. The number of nitrogens with one attached hydrogen (secondary N) is 4. The van der Waals surface area contributed by atoms with E-state index >= 15 is 0 Å². The lowest BCUT2D eigenvalue weighted by Gasteiger charge is -2.39. The van der Waals surface area contributed by atoms with Crippen molar-refractivity contribution in [3.63, 3.8) is 0 Å². The topological polar surface area (TPSA) is 151 Å². The Hall–Kier alpha value is -5.08. The van der Waals surface area contributed by atoms with Gasteiger partial charge in [-0.2, -0.15) is 32.9 Å². The van der Waals surface area contributed by atoms with Crippen LogP contribution in [0, 0.1) is 0 Å². The number of hydrogen-bond acceptors (Lipinski definition) is 11. The molecule has 49 heavy (non-hydrogen) atoms. The van der Waals surface area contributed by atoms with Crippen LogP contribution in [-0.4, -0.2) is 119 Å². The van der Waals surface area contributed by atoms with E-state index < -0.39 is 31.1 Å². The van der Waals surface area contributed by atoms with Crippen LogP contribution in [0.1, 0.15) is 10.4 Å². The number of amidine groups is 1. The number of fused-ring (bicyclic) bond motifs is 1. The normalized spacial score (nSPS) is 14.8. The molecule has 1 aliphatic heterocycles. The summed E-state index contributed by atoms with van der Waals surface area (Å²) in [5, 5.41) is 15.7. The minimum Gasteiger partial charge on any atom is -0.435 e. The molecule has 5 rings (SSSR count). The fourth-order valence-electron chi connectivity index (χ4n) is 5.14. The number of likely N-dealkylation sites (tertiary alicyclic amines) is 1. The Morgan fingerprint density at radius 2 is 1.92 bits per heavy atom. The number of alkyl halides is 5. The molecule has 0 bridgehead atoms. The van der Waals surface area contributed by atoms with Gasteiger partial charge in [-0.05, 0) is 38.4 Å². The quantitative estimate of drug-likeness (QED) is 0.0592. The molecule has 1 fully saturated rings. The van der Waals surface area contributed by atoms with Crippen molar-refractivity contribution >= 4 is 23.1 Å². The largest absolute Gasteiger partial charge is 0.435 e. The fraction of sp³-hybridized carbons (Fsp3) is 0.414. The van der Waals surface area contributed by atoms with E-state index in [4.69, 9.17) is 0 Å². The third-order valence-corrected chi connectivity index (χ3v) is 7.12. The predicted octanol–water partition coefficient (Wildman–Crippen LogP) is 2.26. The van der Waals surface area contributed by atoms with Crippen molar-refractivity contribution in [2.45, 2.75) is 32.0 Å². The van der Waals surface area contributed by atoms with Crippen LogP contribution < -0.4 is 31.1 Å². The van der Waals surface area contributed by atoms with Gasteiger partial charge >= 0.3 is 13.2 Å². The van der Waals surface area contributed by atoms with Crippen molar-refractivity contribution in [2.24, 2.45) is 5.10 Å². The van der Waals surface area contributed by atoms with E-state index in [0.29, 0.717) is 32.0 Å². The summed E-state index contributed by atoms with van der Waals surface area (Å²) in [6.45, 7) is -4.72. The zero-order valence-corrected chi connectivity index (χ0v) is 26.7. The first kappa shape index (κ1) is 35.2. The average molecular weight is 695 g/mol. The van der Waals surface area contributed by atoms with Gasteiger partial charge in [0.1, 0.15) is 35.5 Å². The number of hydrogen-bond donors (Lipinski definition) is 4. The number of carbonyl (C=O) groups is 1. The van der Waals surface area contributed by atoms with Gasteiger partial charge in [-0.15, -0.1) is 0 Å². The molecule has 0 saturated carbocycles. The molecule has 1 aromatic carbocycles. The molecule has 1 amide bonds. The monoisotopic (exact) mass is 694 g/mol. The zero-order valence-electron chi connectivity index (χ0n) is 26.7. The van der Waals surface area contributed by atoms with E-state index in [1.807, 2.05) is 19.0 Å². The van der Waals surface area contributed by atoms with E-state index in [-0.39, 0.29) is 46.5 Å². The Morgan fingerprint density at radius 3 is 2.63 bits per heavy atom. The molecular formula is C29H35F5N12O3. The number of carbonyl (C=O) groups excluding carboxylic acids is 1. The predicted molar refractivity (Wildman–Crippen MR) is 168 cm³/mol. The van der Waals surface area contributed by atoms with Gasteiger partial charge in [0.2, 0.25) is 0 Å². The Kier molecular flexibility index (Phi) is 11.4. The summed E-state index contributed by atoms with van der Waals surface area (Å²) < 4.78 is 79.1. The summed E-state index contributed by atoms with van der Waals surface area (Å²) in [5.41, 5.74) is 8.78. The molecule has 264 valence electrons. The van der Waals surface area contributed by atoms with Crippen molar-refractivity contribution in [3.05, 3.63) is 54.6 Å². The molecule has 3 aromatic heterocycles. The van der Waals surface area contributed by atoms with E-state index in [9.17, 15) is 26.7 Å². The lowest BCUT2D eigenvalue weighted by Crippen LogP contribution is -2.58. The van der Waals surface area contributed by atoms with Crippen LogP contribution in [0.3, 0.4) is 0 Å². The smallest absolute Gasteiger partial charge is 0.387 e. The summed E-state index contributed by atoms with van der Waals surface area (Å²) in [4.78, 5) is 21.4. The standard InChI is InChI=1S/C29H35F5N12O3/c1-35-40-24(41-39-18-13-44(14-18)12-17(30)11-43(2)3)16-45-15-22(38-27(47)21-10-37-46-8-4-7-36-26(21)46)25(42-45)20-9-19(48-28(31)32)5-6-23(20)49-29(33)34/h4-10,15,17-18,28-29,35,39H,11-14,16H2,1-3H3,(H,38,47)(H,40,41). The Morgan fingerprint density at radius 1 is 1.14 bits per heavy atom. The summed E-state index contributed by atoms with van der Waals surface area (Å²) in [7, 11) is 5.23. The lowest BCUT2D eigenvalue weighted by molar-refractivity contribution is -0.0526. The molecule has 4 N–H and O–H groups in total. The second kappa shape index (κ2) is 15.9. The number of amides is 1. The molecule has 1 unspecified atom stereocenters. The molecule has 4 aromatic rings. The Labute approximate surface area is 277 Å². The van der Waals surface area contributed by atoms with Gasteiger partial charge in [-0.25, -0.2) is 19.3 Å². The average Bonchev–Trinajstić information content (AvgIpc) is 3.62. The number of anilines is 1. The number of hydrazine groups is 1. The van der Waals surface area contributed by atoms with Crippen molar-refractivity contribution in [1.29, 1.82) is 0 Å². The summed E-state index contributed by atoms with van der Waals surface area (Å²) in [5.74, 6) is -1.10. The highest BCUT2D eigenvalue weighted by molar-refractivity contribution is 6.09. The second-order valence-electron chi connectivity index (χ2n) is 11.2. The van der Waals surface area contributed by atoms with Gasteiger partial charge in [0, 0.05) is 51.8 Å². The first-order valence-electron chi connectivity index (χ1n) is 15.0. The Bertz CT molecular complexity index is 1740. The molecule has 1 aliphatic rings. The van der Waals surface area contributed by atoms with Crippen molar-refractivity contribution in [2.75, 3.05) is 52.6 Å². The number of aromatic nitrogens is 5. The maximum absolute atomic E-state index is 14.2. The number of ether oxygens (including phenoxy) is 2. The maximum atomic E-state index is 14.2. The number of halogens is 5. The number of rotatable bonds is 16. The van der Waals surface area contributed by atoms with E-state index in [2.05, 4.69) is 51.4 Å². The van der Waals surface area contributed by atoms with Crippen LogP contribution in [0.5, 0.6) is 11.5 Å². The molecule has 0 spiro atoms. The second-order valence-corrected chi connectivity index (χ2v) is 11.2. The van der Waals surface area contributed by atoms with Crippen LogP contribution in [0.4, 0.5) is 27.6 Å². The SMILES string of the molecule is CNN/C(Cn1cc(NC(=O)c2cnn3cccnc23)c(-c2cc(OC(F)F)ccc2OC(F)F)n1)=N\NC1CN(CC(F)CN(C)C)C1. The molecular weight excluding hydrogens is 659 g/mol. The molecule has 15 nitrogen and oxygen atoms in total. The van der Waals surface area contributed by atoms with Gasteiger partial charge in [-0.1, -0.05) is 0 Å². The van der Waals surface area contributed by atoms with E-state index in [1.54, 1.807) is 24.2 Å². The van der Waals surface area contributed by atoms with Crippen LogP contribution in [-0.2, 0) is 6.54 Å². The van der Waals surface area contributed by atoms with Gasteiger partial charge in [0.05, 0.1) is 23.5 Å². The molecule has 4 heterocycles. The number of nitrogens with zero attached hydrogens (tertiary/aromatic N) is 8. The Balaban J connectivity index is 1.42. The number of hydrazone groups is 1. The van der Waals surface area contributed by atoms with E-state index in [0.717, 1.165) is 18.2 Å². The molecule has 1 atom stereocenters. The third kappa shape index (κ3) is 9.30. The molecule has 0 aliphatic carbocycles. The van der Waals surface area contributed by atoms with Crippen LogP contribution in [0.2, 0.25) is 0 Å². The van der Waals surface area contributed by atoms with Crippen molar-refractivity contribution in [1.82, 2.24) is 50.5 Å². The van der Waals surface area contributed by atoms with Crippen molar-refractivity contribution in [3.8, 4) is 22.8 Å². The van der Waals surface area contributed by atoms with Gasteiger partial charge < -0.3 is 30.5 Å². The van der Waals surface area contributed by atoms with Crippen LogP contribution in [0.15, 0.2) is 54.2 Å². The zero-order chi connectivity index (χ0) is 35.1. The highest BCUT2D eigenvalue weighted by atomic mass is 19.3. The minimum absolute atomic E-state index is 0.0125. The van der Waals surface area contributed by atoms with Gasteiger partial charge in [0.15, 0.2) is 11.5 Å². The first-order valence-corrected chi connectivity index (χ1v) is 15.0. The lowest BCUT2D eigenvalue weighted by atomic mass is 10.1. The number of benzene rings is 1. The highest BCUT2D eigenvalue weighted by Gasteiger charge is 2.29. The van der Waals surface area contributed by atoms with Crippen LogP contribution in [0.25, 0.3) is 16.9 Å². The third-order valence-electron chi connectivity index (χ3n) is 7.12. The summed E-state index contributed by atoms with van der Waals surface area (Å²) >= 11 is 0. The first-order chi connectivity index (χ1) is 23.5. The minimum atomic E-state index is -3.26. The summed E-state index contributed by atoms with van der Waals surface area (Å²) in [6.07, 6.45) is 4.80. The van der Waals surface area contributed by atoms with E-state index in [1.165, 1.54) is 27.8 Å². The molecule has 20 heteroatoms. The fourth-order valence-corrected chi connectivity index (χ4v) is 5.14. The summed E-state index contributed by atoms with van der Waals surface area (Å²) in [6, 6.07) is 4.70. The molecule has 0 radical (unpaired) electrons. The van der Waals surface area contributed by atoms with Gasteiger partial charge in [0.25, 0.3) is 5.91 Å².